The lowest BCUT2D eigenvalue weighted by molar-refractivity contribution is 0.102. The van der Waals surface area contributed by atoms with Crippen molar-refractivity contribution in [3.8, 4) is 5.75 Å². The number of nitrogens with zero attached hydrogens (tertiary/aromatic N) is 2. The lowest BCUT2D eigenvalue weighted by Crippen LogP contribution is -2.34. The zero-order valence-corrected chi connectivity index (χ0v) is 17.7. The maximum Gasteiger partial charge on any atom is 0.255 e. The van der Waals surface area contributed by atoms with Gasteiger partial charge in [0.2, 0.25) is 0 Å². The number of nitrogens with one attached hydrogen (secondary N) is 1. The Morgan fingerprint density at radius 2 is 1.80 bits per heavy atom. The van der Waals surface area contributed by atoms with E-state index in [0.717, 1.165) is 37.1 Å². The molecule has 158 valence electrons. The summed E-state index contributed by atoms with van der Waals surface area (Å²) in [5.41, 5.74) is 2.73. The largest absolute Gasteiger partial charge is 0.493 e. The summed E-state index contributed by atoms with van der Waals surface area (Å²) in [5.74, 6) is 2.24. The van der Waals surface area contributed by atoms with Crippen molar-refractivity contribution in [3.63, 3.8) is 0 Å². The van der Waals surface area contributed by atoms with Gasteiger partial charge in [0, 0.05) is 42.6 Å². The summed E-state index contributed by atoms with van der Waals surface area (Å²) in [4.78, 5) is 17.6. The molecule has 30 heavy (non-hydrogen) atoms. The van der Waals surface area contributed by atoms with E-state index in [1.54, 1.807) is 0 Å². The van der Waals surface area contributed by atoms with Crippen LogP contribution < -0.4 is 15.0 Å². The Labute approximate surface area is 179 Å². The van der Waals surface area contributed by atoms with Crippen molar-refractivity contribution in [1.82, 2.24) is 4.90 Å². The molecule has 1 saturated carbocycles. The van der Waals surface area contributed by atoms with Crippen LogP contribution in [0.3, 0.4) is 0 Å². The topological polar surface area (TPSA) is 44.8 Å². The molecule has 1 amide bonds. The Kier molecular flexibility index (Phi) is 5.38. The molecular weight excluding hydrogens is 374 g/mol. The third-order valence-corrected chi connectivity index (χ3v) is 7.01. The molecule has 5 rings (SSSR count). The molecule has 5 heteroatoms. The van der Waals surface area contributed by atoms with Gasteiger partial charge in [0.05, 0.1) is 6.61 Å². The Morgan fingerprint density at radius 1 is 1.03 bits per heavy atom. The molecule has 2 aliphatic heterocycles. The molecule has 3 aliphatic rings. The van der Waals surface area contributed by atoms with E-state index in [2.05, 4.69) is 34.3 Å². The molecule has 1 aliphatic carbocycles. The Morgan fingerprint density at radius 3 is 2.50 bits per heavy atom. The fourth-order valence-electron chi connectivity index (χ4n) is 5.01. The van der Waals surface area contributed by atoms with Crippen molar-refractivity contribution in [2.24, 2.45) is 11.8 Å². The van der Waals surface area contributed by atoms with E-state index >= 15 is 0 Å². The van der Waals surface area contributed by atoms with Crippen LogP contribution in [-0.2, 0) is 0 Å². The van der Waals surface area contributed by atoms with Crippen LogP contribution in [0.1, 0.15) is 36.0 Å². The molecule has 3 fully saturated rings. The van der Waals surface area contributed by atoms with Gasteiger partial charge >= 0.3 is 0 Å². The zero-order chi connectivity index (χ0) is 20.5. The van der Waals surface area contributed by atoms with Crippen molar-refractivity contribution in [3.05, 3.63) is 54.1 Å². The predicted molar refractivity (Wildman–Crippen MR) is 120 cm³/mol. The number of carbonyl (C=O) groups is 1. The van der Waals surface area contributed by atoms with E-state index in [1.807, 2.05) is 36.4 Å². The normalized spacial score (nSPS) is 23.8. The van der Waals surface area contributed by atoms with Gasteiger partial charge in [0.1, 0.15) is 5.75 Å². The number of hydrogen-bond donors (Lipinski definition) is 1. The van der Waals surface area contributed by atoms with Crippen LogP contribution in [-0.4, -0.2) is 50.1 Å². The lowest BCUT2D eigenvalue weighted by atomic mass is 9.86. The zero-order valence-electron chi connectivity index (χ0n) is 17.7. The number of fused-ring (bicyclic) bond motifs is 1. The first-order valence-corrected chi connectivity index (χ1v) is 11.3. The molecule has 5 nitrogen and oxygen atoms in total. The van der Waals surface area contributed by atoms with Gasteiger partial charge in [-0.1, -0.05) is 6.42 Å². The van der Waals surface area contributed by atoms with Gasteiger partial charge in [-0.05, 0) is 86.7 Å². The van der Waals surface area contributed by atoms with E-state index in [1.165, 1.54) is 37.9 Å². The minimum absolute atomic E-state index is 0.0908. The molecule has 0 spiro atoms. The first-order valence-electron chi connectivity index (χ1n) is 11.3. The number of anilines is 2. The maximum absolute atomic E-state index is 12.6. The number of hydrogen-bond acceptors (Lipinski definition) is 4. The minimum Gasteiger partial charge on any atom is -0.493 e. The molecule has 0 bridgehead atoms. The van der Waals surface area contributed by atoms with Crippen LogP contribution in [0.4, 0.5) is 11.4 Å². The van der Waals surface area contributed by atoms with E-state index in [0.29, 0.717) is 17.5 Å². The molecule has 2 saturated heterocycles. The Balaban J connectivity index is 1.17. The van der Waals surface area contributed by atoms with Crippen LogP contribution in [0, 0.1) is 11.8 Å². The van der Waals surface area contributed by atoms with Crippen LogP contribution in [0.2, 0.25) is 0 Å². The average molecular weight is 406 g/mol. The third kappa shape index (κ3) is 4.04. The maximum atomic E-state index is 12.6. The highest BCUT2D eigenvalue weighted by molar-refractivity contribution is 6.04. The van der Waals surface area contributed by atoms with Gasteiger partial charge in [-0.25, -0.2) is 0 Å². The van der Waals surface area contributed by atoms with Gasteiger partial charge in [-0.15, -0.1) is 0 Å². The summed E-state index contributed by atoms with van der Waals surface area (Å²) in [7, 11) is 2.21. The number of amides is 1. The highest BCUT2D eigenvalue weighted by atomic mass is 16.5. The Bertz CT molecular complexity index is 876. The van der Waals surface area contributed by atoms with Crippen molar-refractivity contribution in [1.29, 1.82) is 0 Å². The van der Waals surface area contributed by atoms with Crippen LogP contribution in [0.5, 0.6) is 5.75 Å². The summed E-state index contributed by atoms with van der Waals surface area (Å²) in [6, 6.07) is 16.4. The minimum atomic E-state index is -0.0908. The fourth-order valence-corrected chi connectivity index (χ4v) is 5.01. The summed E-state index contributed by atoms with van der Waals surface area (Å²) in [6.07, 6.45) is 5.14. The first kappa shape index (κ1) is 19.4. The Hall–Kier alpha value is -2.53. The van der Waals surface area contributed by atoms with E-state index in [-0.39, 0.29) is 5.91 Å². The van der Waals surface area contributed by atoms with Gasteiger partial charge < -0.3 is 19.9 Å². The second kappa shape index (κ2) is 8.31. The highest BCUT2D eigenvalue weighted by Crippen LogP contribution is 2.35. The molecule has 2 atom stereocenters. The second-order valence-corrected chi connectivity index (χ2v) is 9.16. The van der Waals surface area contributed by atoms with Gasteiger partial charge in [0.15, 0.2) is 0 Å². The molecule has 2 aromatic carbocycles. The molecule has 2 heterocycles. The van der Waals surface area contributed by atoms with Gasteiger partial charge in [-0.3, -0.25) is 4.79 Å². The van der Waals surface area contributed by atoms with Crippen molar-refractivity contribution < 1.29 is 9.53 Å². The monoisotopic (exact) mass is 405 g/mol. The summed E-state index contributed by atoms with van der Waals surface area (Å²) < 4.78 is 5.82. The fraction of sp³-hybridized carbons (Fsp3) is 0.480. The summed E-state index contributed by atoms with van der Waals surface area (Å²) >= 11 is 0. The number of likely N-dealkylation sites (tertiary alicyclic amines) is 1. The second-order valence-electron chi connectivity index (χ2n) is 9.16. The number of ether oxygens (including phenoxy) is 1. The molecule has 1 N–H and O–H groups in total. The van der Waals surface area contributed by atoms with Crippen molar-refractivity contribution in [2.45, 2.75) is 31.7 Å². The van der Waals surface area contributed by atoms with Crippen LogP contribution in [0.15, 0.2) is 48.5 Å². The number of benzene rings is 2. The lowest BCUT2D eigenvalue weighted by Gasteiger charge is -2.26. The summed E-state index contributed by atoms with van der Waals surface area (Å²) in [5, 5.41) is 3.01. The average Bonchev–Trinajstić information content (AvgIpc) is 3.27. The van der Waals surface area contributed by atoms with E-state index in [9.17, 15) is 4.79 Å². The van der Waals surface area contributed by atoms with E-state index < -0.39 is 0 Å². The van der Waals surface area contributed by atoms with Crippen LogP contribution in [0.25, 0.3) is 0 Å². The molecule has 0 radical (unpaired) electrons. The van der Waals surface area contributed by atoms with Crippen LogP contribution >= 0.6 is 0 Å². The van der Waals surface area contributed by atoms with Gasteiger partial charge in [-0.2, -0.15) is 0 Å². The number of carbonyl (C=O) groups excluding carboxylic acids is 1. The summed E-state index contributed by atoms with van der Waals surface area (Å²) in [6.45, 7) is 4.26. The number of likely N-dealkylation sites (N-methyl/N-ethyl adjacent to an activating group) is 1. The molecule has 0 unspecified atom stereocenters. The quantitative estimate of drug-likeness (QED) is 0.780. The first-order chi connectivity index (χ1) is 14.7. The molecule has 0 aromatic heterocycles. The van der Waals surface area contributed by atoms with Gasteiger partial charge in [0.25, 0.3) is 5.91 Å². The predicted octanol–water partition coefficient (Wildman–Crippen LogP) is 4.26. The third-order valence-electron chi connectivity index (χ3n) is 7.01. The standard InChI is InChI=1S/C25H31N3O2/c1-27-15-20-13-14-28(24(20)16-27)22-9-7-21(8-10-22)26-25(29)19-5-11-23(12-6-19)30-17-18-3-2-4-18/h5-12,18,20,24H,2-4,13-17H2,1H3,(H,26,29)/t20-,24+/m1/s1. The van der Waals surface area contributed by atoms with Crippen molar-refractivity contribution >= 4 is 17.3 Å². The van der Waals surface area contributed by atoms with Crippen molar-refractivity contribution in [2.75, 3.05) is 43.5 Å². The highest BCUT2D eigenvalue weighted by Gasteiger charge is 2.39. The molecule has 2 aromatic rings. The van der Waals surface area contributed by atoms with E-state index in [4.69, 9.17) is 4.74 Å². The number of rotatable bonds is 6. The smallest absolute Gasteiger partial charge is 0.255 e. The molecular formula is C25H31N3O2. The SMILES string of the molecule is CN1C[C@H]2CCN(c3ccc(NC(=O)c4ccc(OCC5CCC5)cc4)cc3)[C@H]2C1.